The maximum Gasteiger partial charge on any atom is 0.234 e. The standard InChI is InChI=1S/C24H38N6O2S/c1-17-18(2)33-23-21(17)22(25-19(26-23)15-29-11-13-32-14-12-29)30-8-6-7-28(9-10-30)16-20(31)27-24(3,4)5/h6-16H2,1-5H3,(H,27,31). The predicted octanol–water partition coefficient (Wildman–Crippen LogP) is 2.57. The first-order chi connectivity index (χ1) is 15.7. The lowest BCUT2D eigenvalue weighted by Crippen LogP contribution is -2.46. The third-order valence-electron chi connectivity index (χ3n) is 6.29. The van der Waals surface area contributed by atoms with Crippen molar-refractivity contribution in [3.05, 3.63) is 16.3 Å². The Kier molecular flexibility index (Phi) is 7.53. The van der Waals surface area contributed by atoms with E-state index in [0.29, 0.717) is 6.54 Å². The number of amides is 1. The Bertz CT molecular complexity index is 979. The van der Waals surface area contributed by atoms with E-state index >= 15 is 0 Å². The lowest BCUT2D eigenvalue weighted by atomic mass is 10.1. The van der Waals surface area contributed by atoms with Gasteiger partial charge in [0.05, 0.1) is 31.7 Å². The van der Waals surface area contributed by atoms with Crippen LogP contribution < -0.4 is 10.2 Å². The first-order valence-electron chi connectivity index (χ1n) is 12.0. The molecule has 9 heteroatoms. The Morgan fingerprint density at radius 1 is 1.03 bits per heavy atom. The average Bonchev–Trinajstić information content (AvgIpc) is 2.89. The second-order valence-electron chi connectivity index (χ2n) is 10.2. The summed E-state index contributed by atoms with van der Waals surface area (Å²) in [7, 11) is 0. The van der Waals surface area contributed by atoms with E-state index in [2.05, 4.69) is 33.9 Å². The molecule has 2 aliphatic heterocycles. The summed E-state index contributed by atoms with van der Waals surface area (Å²) < 4.78 is 5.50. The molecule has 8 nitrogen and oxygen atoms in total. The number of carbonyl (C=O) groups is 1. The normalized spacial score (nSPS) is 19.1. The fraction of sp³-hybridized carbons (Fsp3) is 0.708. The van der Waals surface area contributed by atoms with E-state index in [0.717, 1.165) is 81.9 Å². The molecule has 0 aromatic carbocycles. The molecule has 0 bridgehead atoms. The van der Waals surface area contributed by atoms with Crippen LogP contribution in [0.5, 0.6) is 0 Å². The minimum absolute atomic E-state index is 0.0949. The van der Waals surface area contributed by atoms with Crippen LogP contribution in [0.1, 0.15) is 43.5 Å². The predicted molar refractivity (Wildman–Crippen MR) is 134 cm³/mol. The summed E-state index contributed by atoms with van der Waals surface area (Å²) in [4.78, 5) is 32.0. The van der Waals surface area contributed by atoms with Gasteiger partial charge in [0.25, 0.3) is 0 Å². The van der Waals surface area contributed by atoms with Crippen LogP contribution in [0, 0.1) is 13.8 Å². The molecule has 0 aliphatic carbocycles. The number of hydrogen-bond acceptors (Lipinski definition) is 8. The second kappa shape index (κ2) is 10.2. The summed E-state index contributed by atoms with van der Waals surface area (Å²) in [6, 6.07) is 0. The molecule has 33 heavy (non-hydrogen) atoms. The number of morpholine rings is 1. The molecule has 2 aliphatic rings. The maximum atomic E-state index is 12.4. The molecule has 4 rings (SSSR count). The Labute approximate surface area is 201 Å². The van der Waals surface area contributed by atoms with Crippen LogP contribution in [0.3, 0.4) is 0 Å². The molecule has 0 unspecified atom stereocenters. The number of rotatable bonds is 5. The van der Waals surface area contributed by atoms with Crippen LogP contribution in [0.15, 0.2) is 0 Å². The number of nitrogens with one attached hydrogen (secondary N) is 1. The van der Waals surface area contributed by atoms with Crippen molar-refractivity contribution in [3.8, 4) is 0 Å². The molecule has 2 aromatic rings. The maximum absolute atomic E-state index is 12.4. The number of hydrogen-bond donors (Lipinski definition) is 1. The van der Waals surface area contributed by atoms with Crippen LogP contribution in [-0.2, 0) is 16.1 Å². The van der Waals surface area contributed by atoms with E-state index in [9.17, 15) is 4.79 Å². The van der Waals surface area contributed by atoms with Gasteiger partial charge in [-0.3, -0.25) is 14.6 Å². The first kappa shape index (κ1) is 24.3. The smallest absolute Gasteiger partial charge is 0.234 e. The van der Waals surface area contributed by atoms with Crippen molar-refractivity contribution in [2.45, 2.75) is 53.1 Å². The zero-order chi connectivity index (χ0) is 23.6. The number of aryl methyl sites for hydroxylation is 2. The Morgan fingerprint density at radius 2 is 1.79 bits per heavy atom. The van der Waals surface area contributed by atoms with Gasteiger partial charge in [-0.05, 0) is 46.6 Å². The summed E-state index contributed by atoms with van der Waals surface area (Å²) in [5.74, 6) is 2.05. The van der Waals surface area contributed by atoms with E-state index in [1.165, 1.54) is 15.8 Å². The summed E-state index contributed by atoms with van der Waals surface area (Å²) in [6.07, 6.45) is 1.01. The minimum atomic E-state index is -0.202. The van der Waals surface area contributed by atoms with Gasteiger partial charge in [0.2, 0.25) is 5.91 Å². The number of anilines is 1. The number of carbonyl (C=O) groups excluding carboxylic acids is 1. The van der Waals surface area contributed by atoms with Gasteiger partial charge in [0.15, 0.2) is 0 Å². The molecule has 0 spiro atoms. The molecule has 0 saturated carbocycles. The van der Waals surface area contributed by atoms with Gasteiger partial charge in [-0.2, -0.15) is 0 Å². The van der Waals surface area contributed by atoms with E-state index in [1.54, 1.807) is 11.3 Å². The zero-order valence-electron chi connectivity index (χ0n) is 20.7. The molecule has 182 valence electrons. The molecule has 2 fully saturated rings. The van der Waals surface area contributed by atoms with E-state index in [4.69, 9.17) is 14.7 Å². The lowest BCUT2D eigenvalue weighted by molar-refractivity contribution is -0.123. The van der Waals surface area contributed by atoms with Crippen LogP contribution in [0.4, 0.5) is 5.82 Å². The molecule has 0 radical (unpaired) electrons. The molecule has 1 N–H and O–H groups in total. The summed E-state index contributed by atoms with van der Waals surface area (Å²) in [5.41, 5.74) is 1.08. The van der Waals surface area contributed by atoms with Gasteiger partial charge in [-0.25, -0.2) is 9.97 Å². The summed E-state index contributed by atoms with van der Waals surface area (Å²) >= 11 is 1.77. The summed E-state index contributed by atoms with van der Waals surface area (Å²) in [6.45, 7) is 18.6. The lowest BCUT2D eigenvalue weighted by Gasteiger charge is -2.27. The number of fused-ring (bicyclic) bond motifs is 1. The molecule has 2 saturated heterocycles. The minimum Gasteiger partial charge on any atom is -0.379 e. The van der Waals surface area contributed by atoms with E-state index in [-0.39, 0.29) is 11.4 Å². The van der Waals surface area contributed by atoms with Crippen LogP contribution in [0.2, 0.25) is 0 Å². The van der Waals surface area contributed by atoms with Crippen molar-refractivity contribution >= 4 is 33.3 Å². The molecular weight excluding hydrogens is 436 g/mol. The van der Waals surface area contributed by atoms with Crippen LogP contribution in [0.25, 0.3) is 10.2 Å². The zero-order valence-corrected chi connectivity index (χ0v) is 21.6. The van der Waals surface area contributed by atoms with Crippen LogP contribution in [-0.4, -0.2) is 90.2 Å². The Morgan fingerprint density at radius 3 is 2.52 bits per heavy atom. The van der Waals surface area contributed by atoms with Crippen LogP contribution >= 0.6 is 11.3 Å². The average molecular weight is 475 g/mol. The number of aromatic nitrogens is 2. The molecule has 0 atom stereocenters. The van der Waals surface area contributed by atoms with Crippen molar-refractivity contribution in [1.29, 1.82) is 0 Å². The summed E-state index contributed by atoms with van der Waals surface area (Å²) in [5, 5.41) is 4.28. The fourth-order valence-electron chi connectivity index (χ4n) is 4.53. The monoisotopic (exact) mass is 474 g/mol. The first-order valence-corrected chi connectivity index (χ1v) is 12.9. The van der Waals surface area contributed by atoms with Gasteiger partial charge >= 0.3 is 0 Å². The number of thiophene rings is 1. The SMILES string of the molecule is Cc1sc2nc(CN3CCOCC3)nc(N3CCCN(CC(=O)NC(C)(C)C)CC3)c2c1C. The van der Waals surface area contributed by atoms with Gasteiger partial charge in [0, 0.05) is 49.7 Å². The second-order valence-corrected chi connectivity index (χ2v) is 11.4. The van der Waals surface area contributed by atoms with Crippen molar-refractivity contribution in [3.63, 3.8) is 0 Å². The third kappa shape index (κ3) is 6.20. The van der Waals surface area contributed by atoms with E-state index < -0.39 is 0 Å². The highest BCUT2D eigenvalue weighted by Gasteiger charge is 2.24. The highest BCUT2D eigenvalue weighted by molar-refractivity contribution is 7.18. The van der Waals surface area contributed by atoms with E-state index in [1.807, 2.05) is 20.8 Å². The van der Waals surface area contributed by atoms with Gasteiger partial charge in [-0.15, -0.1) is 11.3 Å². The molecule has 4 heterocycles. The van der Waals surface area contributed by atoms with Gasteiger partial charge < -0.3 is 15.0 Å². The molecular formula is C24H38N6O2S. The molecule has 1 amide bonds. The Hall–Kier alpha value is -1.81. The quantitative estimate of drug-likeness (QED) is 0.714. The topological polar surface area (TPSA) is 73.8 Å². The van der Waals surface area contributed by atoms with Crippen molar-refractivity contribution in [1.82, 2.24) is 25.1 Å². The highest BCUT2D eigenvalue weighted by atomic mass is 32.1. The van der Waals surface area contributed by atoms with Gasteiger partial charge in [-0.1, -0.05) is 0 Å². The third-order valence-corrected chi connectivity index (χ3v) is 7.40. The van der Waals surface area contributed by atoms with Gasteiger partial charge in [0.1, 0.15) is 16.5 Å². The largest absolute Gasteiger partial charge is 0.379 e. The molecule has 2 aromatic heterocycles. The number of ether oxygens (including phenoxy) is 1. The van der Waals surface area contributed by atoms with Crippen molar-refractivity contribution < 1.29 is 9.53 Å². The van der Waals surface area contributed by atoms with Crippen molar-refractivity contribution in [2.24, 2.45) is 0 Å². The van der Waals surface area contributed by atoms with Crippen molar-refractivity contribution in [2.75, 3.05) is 63.9 Å². The fourth-order valence-corrected chi connectivity index (χ4v) is 5.57. The highest BCUT2D eigenvalue weighted by Crippen LogP contribution is 2.35. The Balaban J connectivity index is 1.53. The number of nitrogens with zero attached hydrogens (tertiary/aromatic N) is 5.